The van der Waals surface area contributed by atoms with Crippen LogP contribution in [0.5, 0.6) is 5.88 Å². The molecule has 1 aliphatic carbocycles. The van der Waals surface area contributed by atoms with Crippen LogP contribution in [-0.4, -0.2) is 53.6 Å². The zero-order valence-corrected chi connectivity index (χ0v) is 23.7. The second kappa shape index (κ2) is 10.0. The first-order chi connectivity index (χ1) is 18.3. The number of sulfone groups is 1. The van der Waals surface area contributed by atoms with E-state index in [1.54, 1.807) is 24.5 Å². The molecule has 0 aromatic carbocycles. The highest BCUT2D eigenvalue weighted by atomic mass is 32.2. The Morgan fingerprint density at radius 2 is 1.90 bits per heavy atom. The number of nitrogens with one attached hydrogen (secondary N) is 1. The summed E-state index contributed by atoms with van der Waals surface area (Å²) in [5, 5.41) is 4.87. The van der Waals surface area contributed by atoms with E-state index in [0.29, 0.717) is 48.0 Å². The van der Waals surface area contributed by atoms with Gasteiger partial charge >= 0.3 is 5.97 Å². The van der Waals surface area contributed by atoms with Crippen LogP contribution >= 0.6 is 0 Å². The molecule has 1 unspecified atom stereocenters. The number of aromatic nitrogens is 3. The van der Waals surface area contributed by atoms with Crippen LogP contribution in [0.3, 0.4) is 0 Å². The monoisotopic (exact) mass is 553 g/mol. The van der Waals surface area contributed by atoms with Crippen molar-refractivity contribution >= 4 is 38.2 Å². The Bertz CT molecular complexity index is 1530. The van der Waals surface area contributed by atoms with E-state index < -0.39 is 15.4 Å². The molecular weight excluding hydrogens is 518 g/mol. The molecule has 10 nitrogen and oxygen atoms in total. The maximum Gasteiger partial charge on any atom is 0.340 e. The van der Waals surface area contributed by atoms with Gasteiger partial charge in [0.15, 0.2) is 0 Å². The van der Waals surface area contributed by atoms with Crippen molar-refractivity contribution in [3.8, 4) is 5.88 Å². The van der Waals surface area contributed by atoms with Crippen LogP contribution in [0.25, 0.3) is 10.8 Å². The summed E-state index contributed by atoms with van der Waals surface area (Å²) >= 11 is 0. The molecule has 3 atom stereocenters. The summed E-state index contributed by atoms with van der Waals surface area (Å²) < 4.78 is 34.8. The molecule has 0 amide bonds. The van der Waals surface area contributed by atoms with Crippen LogP contribution in [0, 0.1) is 5.92 Å². The average molecular weight is 554 g/mol. The molecule has 3 N–H and O–H groups in total. The Morgan fingerprint density at radius 1 is 1.15 bits per heavy atom. The number of cyclic esters (lactones) is 1. The third-order valence-electron chi connectivity index (χ3n) is 7.92. The Labute approximate surface area is 228 Å². The fraction of sp³-hybridized carbons (Fsp3) is 0.500. The highest BCUT2D eigenvalue weighted by Gasteiger charge is 2.34. The minimum Gasteiger partial charge on any atom is -0.474 e. The van der Waals surface area contributed by atoms with E-state index >= 15 is 0 Å². The fourth-order valence-corrected chi connectivity index (χ4v) is 6.29. The Morgan fingerprint density at radius 3 is 2.59 bits per heavy atom. The third kappa shape index (κ3) is 5.56. The van der Waals surface area contributed by atoms with Gasteiger partial charge in [0, 0.05) is 30.1 Å². The average Bonchev–Trinajstić information content (AvgIpc) is 2.85. The summed E-state index contributed by atoms with van der Waals surface area (Å²) in [5.41, 5.74) is 8.06. The van der Waals surface area contributed by atoms with Crippen LogP contribution in [0.2, 0.25) is 0 Å². The predicted octanol–water partition coefficient (Wildman–Crippen LogP) is 4.22. The van der Waals surface area contributed by atoms with E-state index in [1.807, 2.05) is 33.8 Å². The molecule has 208 valence electrons. The van der Waals surface area contributed by atoms with E-state index in [2.05, 4.69) is 15.3 Å². The normalized spacial score (nSPS) is 24.3. The minimum absolute atomic E-state index is 0.0348. The lowest BCUT2D eigenvalue weighted by atomic mass is 9.84. The second-order valence-electron chi connectivity index (χ2n) is 11.2. The number of carbonyl (C=O) groups is 1. The predicted molar refractivity (Wildman–Crippen MR) is 149 cm³/mol. The second-order valence-corrected chi connectivity index (χ2v) is 13.4. The van der Waals surface area contributed by atoms with E-state index in [9.17, 15) is 13.2 Å². The number of pyridine rings is 3. The zero-order valence-electron chi connectivity index (χ0n) is 22.9. The van der Waals surface area contributed by atoms with Gasteiger partial charge < -0.3 is 20.5 Å². The van der Waals surface area contributed by atoms with Crippen LogP contribution in [0.1, 0.15) is 74.5 Å². The summed E-state index contributed by atoms with van der Waals surface area (Å²) in [6.07, 6.45) is 6.41. The molecule has 3 aromatic heterocycles. The number of esters is 1. The highest BCUT2D eigenvalue weighted by Crippen LogP contribution is 2.38. The quantitative estimate of drug-likeness (QED) is 0.389. The Balaban J connectivity index is 1.45. The first-order valence-corrected chi connectivity index (χ1v) is 15.3. The maximum atomic E-state index is 12.3. The van der Waals surface area contributed by atoms with Crippen molar-refractivity contribution in [3.63, 3.8) is 0 Å². The molecule has 0 saturated heterocycles. The fourth-order valence-electron chi connectivity index (χ4n) is 5.16. The van der Waals surface area contributed by atoms with Crippen LogP contribution in [0.15, 0.2) is 30.6 Å². The number of anilines is 2. The van der Waals surface area contributed by atoms with Crippen LogP contribution < -0.4 is 15.8 Å². The molecule has 5 rings (SSSR count). The van der Waals surface area contributed by atoms with Crippen LogP contribution in [0.4, 0.5) is 11.6 Å². The van der Waals surface area contributed by atoms with Gasteiger partial charge in [0.25, 0.3) is 0 Å². The van der Waals surface area contributed by atoms with Crippen molar-refractivity contribution in [3.05, 3.63) is 47.4 Å². The number of nitrogens with zero attached hydrogens (tertiary/aromatic N) is 3. The smallest absolute Gasteiger partial charge is 0.340 e. The van der Waals surface area contributed by atoms with Gasteiger partial charge in [0.1, 0.15) is 33.7 Å². The molecule has 3 aromatic rings. The molecule has 0 radical (unpaired) electrons. The largest absolute Gasteiger partial charge is 0.474 e. The summed E-state index contributed by atoms with van der Waals surface area (Å²) in [6, 6.07) is 5.37. The van der Waals surface area contributed by atoms with E-state index in [0.717, 1.165) is 16.3 Å². The standard InChI is InChI=1S/C28H35N5O5S/c1-6-28(4,29)22-13-31-26(38-18-9-17(10-18)14-39(5,35)36)21-12-30-24(11-20(21)22)32-23-8-7-19-25(33-23)15(2)16(3)37-27(19)34/h7-8,11-13,15-18H,6,9-10,14,29H2,1-5H3,(H,30,32,33)/t15-,16-,17?,18?,28?/m0/s1. The molecule has 1 fully saturated rings. The number of hydrogen-bond acceptors (Lipinski definition) is 10. The van der Waals surface area contributed by atoms with Gasteiger partial charge in [-0.3, -0.25) is 0 Å². The lowest BCUT2D eigenvalue weighted by Gasteiger charge is -2.35. The van der Waals surface area contributed by atoms with Crippen molar-refractivity contribution < 1.29 is 22.7 Å². The topological polar surface area (TPSA) is 146 Å². The lowest BCUT2D eigenvalue weighted by Crippen LogP contribution is -2.37. The Kier molecular flexibility index (Phi) is 7.00. The van der Waals surface area contributed by atoms with E-state index in [-0.39, 0.29) is 35.8 Å². The zero-order chi connectivity index (χ0) is 28.1. The molecule has 2 aliphatic rings. The van der Waals surface area contributed by atoms with Crippen molar-refractivity contribution in [1.82, 2.24) is 15.0 Å². The van der Waals surface area contributed by atoms with E-state index in [4.69, 9.17) is 20.2 Å². The third-order valence-corrected chi connectivity index (χ3v) is 9.00. The van der Waals surface area contributed by atoms with Gasteiger partial charge in [-0.15, -0.1) is 0 Å². The molecular formula is C28H35N5O5S. The van der Waals surface area contributed by atoms with Gasteiger partial charge in [-0.05, 0) is 68.2 Å². The van der Waals surface area contributed by atoms with Gasteiger partial charge in [-0.1, -0.05) is 13.8 Å². The number of hydrogen-bond donors (Lipinski definition) is 2. The SMILES string of the molecule is CCC(C)(N)c1cnc(OC2CC(CS(C)(=O)=O)C2)c2cnc(Nc3ccc4c(n3)[C@@H](C)[C@H](C)OC4=O)cc12. The highest BCUT2D eigenvalue weighted by molar-refractivity contribution is 7.90. The molecule has 11 heteroatoms. The number of rotatable bonds is 8. The van der Waals surface area contributed by atoms with Gasteiger partial charge in [-0.2, -0.15) is 0 Å². The van der Waals surface area contributed by atoms with Crippen molar-refractivity contribution in [1.29, 1.82) is 0 Å². The van der Waals surface area contributed by atoms with Crippen molar-refractivity contribution in [2.24, 2.45) is 11.7 Å². The number of fused-ring (bicyclic) bond motifs is 2. The number of ether oxygens (including phenoxy) is 2. The first kappa shape index (κ1) is 27.3. The summed E-state index contributed by atoms with van der Waals surface area (Å²) in [5.74, 6) is 1.47. The van der Waals surface area contributed by atoms with Crippen LogP contribution in [-0.2, 0) is 20.1 Å². The number of nitrogens with two attached hydrogens (primary N) is 1. The molecule has 4 heterocycles. The molecule has 39 heavy (non-hydrogen) atoms. The van der Waals surface area contributed by atoms with Crippen molar-refractivity contribution in [2.75, 3.05) is 17.3 Å². The summed E-state index contributed by atoms with van der Waals surface area (Å²) in [6.45, 7) is 7.84. The summed E-state index contributed by atoms with van der Waals surface area (Å²) in [7, 11) is -3.01. The molecule has 0 spiro atoms. The maximum absolute atomic E-state index is 12.3. The Hall–Kier alpha value is -3.31. The summed E-state index contributed by atoms with van der Waals surface area (Å²) in [4.78, 5) is 26.2. The first-order valence-electron chi connectivity index (χ1n) is 13.3. The molecule has 1 saturated carbocycles. The molecule has 0 bridgehead atoms. The number of carbonyl (C=O) groups excluding carboxylic acids is 1. The van der Waals surface area contributed by atoms with Gasteiger partial charge in [0.05, 0.1) is 22.4 Å². The lowest BCUT2D eigenvalue weighted by molar-refractivity contribution is 0.0235. The van der Waals surface area contributed by atoms with E-state index in [1.165, 1.54) is 6.26 Å². The molecule has 1 aliphatic heterocycles. The minimum atomic E-state index is -3.01. The van der Waals surface area contributed by atoms with Gasteiger partial charge in [-0.25, -0.2) is 28.2 Å². The van der Waals surface area contributed by atoms with Gasteiger partial charge in [0.2, 0.25) is 5.88 Å². The van der Waals surface area contributed by atoms with Crippen molar-refractivity contribution in [2.45, 2.75) is 70.6 Å².